The standard InChI is InChI=1S/C37H47F2N7O5S/c38-28-19-25(40-30-2-4-34(47)43-36(30)48)1-3-32(28)46-15-13-45(14-16-46)12-11-44-9-5-24(6-10-44)22-51-26-20-29(39)35-31(21-26)41-33(42-37(35)49)23-52-27-7-17-50-18-8-27/h1,3,19-21,24,27,30,40H,2,4-18,22-23H2,(H,41,42,49)(H,43,47,48). The van der Waals surface area contributed by atoms with Crippen LogP contribution in [0, 0.1) is 17.6 Å². The lowest BCUT2D eigenvalue weighted by molar-refractivity contribution is -0.133. The summed E-state index contributed by atoms with van der Waals surface area (Å²) >= 11 is 1.75. The molecule has 3 N–H and O–H groups in total. The third-order valence-electron chi connectivity index (χ3n) is 10.6. The highest BCUT2D eigenvalue weighted by molar-refractivity contribution is 7.99. The molecule has 1 aromatic heterocycles. The maximum atomic E-state index is 15.1. The molecule has 0 spiro atoms. The molecule has 4 aliphatic heterocycles. The van der Waals surface area contributed by atoms with Gasteiger partial charge in [0.15, 0.2) is 0 Å². The fraction of sp³-hybridized carbons (Fsp3) is 0.568. The Kier molecular flexibility index (Phi) is 11.9. The summed E-state index contributed by atoms with van der Waals surface area (Å²) in [6.07, 6.45) is 4.58. The maximum Gasteiger partial charge on any atom is 0.261 e. The Balaban J connectivity index is 0.821. The van der Waals surface area contributed by atoms with E-state index in [9.17, 15) is 18.8 Å². The molecule has 2 aromatic carbocycles. The summed E-state index contributed by atoms with van der Waals surface area (Å²) in [5.74, 6) is 0.237. The average Bonchev–Trinajstić information content (AvgIpc) is 3.14. The lowest BCUT2D eigenvalue weighted by Crippen LogP contribution is -2.49. The summed E-state index contributed by atoms with van der Waals surface area (Å²) in [4.78, 5) is 50.4. The molecule has 7 rings (SSSR count). The van der Waals surface area contributed by atoms with Gasteiger partial charge in [0.05, 0.1) is 23.6 Å². The van der Waals surface area contributed by atoms with Crippen LogP contribution >= 0.6 is 11.8 Å². The zero-order valence-electron chi connectivity index (χ0n) is 29.3. The van der Waals surface area contributed by atoms with E-state index in [1.807, 2.05) is 0 Å². The molecule has 52 heavy (non-hydrogen) atoms. The van der Waals surface area contributed by atoms with Crippen molar-refractivity contribution in [3.63, 3.8) is 0 Å². The molecule has 5 heterocycles. The predicted molar refractivity (Wildman–Crippen MR) is 197 cm³/mol. The zero-order valence-corrected chi connectivity index (χ0v) is 30.2. The topological polar surface area (TPSA) is 132 Å². The molecular weight excluding hydrogens is 693 g/mol. The molecular formula is C37H47F2N7O5S. The highest BCUT2D eigenvalue weighted by atomic mass is 32.2. The second kappa shape index (κ2) is 16.9. The molecule has 4 fully saturated rings. The Morgan fingerprint density at radius 3 is 2.38 bits per heavy atom. The summed E-state index contributed by atoms with van der Waals surface area (Å²) in [6, 6.07) is 7.38. The van der Waals surface area contributed by atoms with Gasteiger partial charge in [0.25, 0.3) is 5.56 Å². The Hall–Kier alpha value is -3.79. The highest BCUT2D eigenvalue weighted by Gasteiger charge is 2.27. The first-order valence-electron chi connectivity index (χ1n) is 18.4. The van der Waals surface area contributed by atoms with E-state index in [1.165, 1.54) is 12.1 Å². The number of aromatic amines is 1. The van der Waals surface area contributed by atoms with E-state index in [-0.39, 0.29) is 29.4 Å². The number of H-pyrrole nitrogens is 1. The number of nitrogens with zero attached hydrogens (tertiary/aromatic N) is 4. The minimum atomic E-state index is -0.622. The molecule has 4 aliphatic rings. The number of thioether (sulfide) groups is 1. The summed E-state index contributed by atoms with van der Waals surface area (Å²) in [6.45, 7) is 8.99. The van der Waals surface area contributed by atoms with Gasteiger partial charge in [-0.2, -0.15) is 11.8 Å². The van der Waals surface area contributed by atoms with E-state index in [2.05, 4.69) is 35.3 Å². The number of carbonyl (C=O) groups is 2. The average molecular weight is 740 g/mol. The molecule has 12 nitrogen and oxygen atoms in total. The third-order valence-corrected chi connectivity index (χ3v) is 12.0. The fourth-order valence-electron chi connectivity index (χ4n) is 7.41. The fourth-order valence-corrected chi connectivity index (χ4v) is 8.47. The van der Waals surface area contributed by atoms with E-state index >= 15 is 4.39 Å². The first-order valence-corrected chi connectivity index (χ1v) is 19.5. The van der Waals surface area contributed by atoms with Crippen molar-refractivity contribution in [2.45, 2.75) is 55.6 Å². The number of rotatable bonds is 12. The SMILES string of the molecule is O=C1CCC(Nc2ccc(N3CCN(CCN4CCC(COc5cc(F)c6c(=O)[nH]c(CSC7CCOCC7)nc6c5)CC4)CC3)c(F)c2)C(=O)N1. The van der Waals surface area contributed by atoms with Crippen LogP contribution < -0.4 is 25.8 Å². The van der Waals surface area contributed by atoms with Crippen molar-refractivity contribution in [1.82, 2.24) is 25.1 Å². The number of anilines is 2. The number of halogens is 2. The molecule has 280 valence electrons. The van der Waals surface area contributed by atoms with Crippen LogP contribution in [-0.2, 0) is 20.1 Å². The quantitative estimate of drug-likeness (QED) is 0.235. The van der Waals surface area contributed by atoms with Crippen LogP contribution in [0.15, 0.2) is 35.1 Å². The minimum Gasteiger partial charge on any atom is -0.493 e. The van der Waals surface area contributed by atoms with Crippen molar-refractivity contribution < 1.29 is 27.8 Å². The van der Waals surface area contributed by atoms with Gasteiger partial charge in [-0.15, -0.1) is 0 Å². The van der Waals surface area contributed by atoms with E-state index in [0.29, 0.717) is 58.4 Å². The van der Waals surface area contributed by atoms with E-state index in [0.717, 1.165) is 91.3 Å². The Morgan fingerprint density at radius 2 is 1.65 bits per heavy atom. The first kappa shape index (κ1) is 36.6. The van der Waals surface area contributed by atoms with Crippen LogP contribution in [0.25, 0.3) is 10.9 Å². The largest absolute Gasteiger partial charge is 0.493 e. The van der Waals surface area contributed by atoms with Crippen LogP contribution in [0.2, 0.25) is 0 Å². The number of likely N-dealkylation sites (tertiary alicyclic amines) is 1. The number of hydrogen-bond donors (Lipinski definition) is 3. The lowest BCUT2D eigenvalue weighted by Gasteiger charge is -2.38. The Bertz CT molecular complexity index is 1790. The highest BCUT2D eigenvalue weighted by Crippen LogP contribution is 2.28. The van der Waals surface area contributed by atoms with Crippen LogP contribution in [0.5, 0.6) is 5.75 Å². The predicted octanol–water partition coefficient (Wildman–Crippen LogP) is 3.74. The van der Waals surface area contributed by atoms with Crippen molar-refractivity contribution in [3.05, 3.63) is 58.1 Å². The lowest BCUT2D eigenvalue weighted by atomic mass is 9.98. The summed E-state index contributed by atoms with van der Waals surface area (Å²) < 4.78 is 41.6. The number of carbonyl (C=O) groups excluding carboxylic acids is 2. The number of hydrogen-bond acceptors (Lipinski definition) is 11. The Labute approximate surface area is 306 Å². The number of fused-ring (bicyclic) bond motifs is 1. The summed E-state index contributed by atoms with van der Waals surface area (Å²) in [5, 5.41) is 5.79. The maximum absolute atomic E-state index is 15.1. The van der Waals surface area contributed by atoms with Gasteiger partial charge in [0.2, 0.25) is 11.8 Å². The van der Waals surface area contributed by atoms with Gasteiger partial charge in [0, 0.05) is 82.0 Å². The van der Waals surface area contributed by atoms with Crippen LogP contribution in [-0.4, -0.2) is 115 Å². The van der Waals surface area contributed by atoms with Crippen LogP contribution in [0.1, 0.15) is 44.3 Å². The van der Waals surface area contributed by atoms with Crippen molar-refractivity contribution in [2.24, 2.45) is 5.92 Å². The van der Waals surface area contributed by atoms with Gasteiger partial charge < -0.3 is 29.6 Å². The molecule has 4 saturated heterocycles. The van der Waals surface area contributed by atoms with Gasteiger partial charge >= 0.3 is 0 Å². The van der Waals surface area contributed by atoms with Crippen LogP contribution in [0.4, 0.5) is 20.2 Å². The number of benzene rings is 2. The van der Waals surface area contributed by atoms with E-state index < -0.39 is 17.4 Å². The molecule has 15 heteroatoms. The summed E-state index contributed by atoms with van der Waals surface area (Å²) in [7, 11) is 0. The molecule has 3 aromatic rings. The normalized spacial score (nSPS) is 21.4. The van der Waals surface area contributed by atoms with Crippen molar-refractivity contribution in [1.29, 1.82) is 0 Å². The molecule has 0 radical (unpaired) electrons. The van der Waals surface area contributed by atoms with Crippen LogP contribution in [0.3, 0.4) is 0 Å². The molecule has 2 amide bonds. The Morgan fingerprint density at radius 1 is 0.904 bits per heavy atom. The number of imide groups is 1. The second-order valence-electron chi connectivity index (χ2n) is 14.2. The van der Waals surface area contributed by atoms with Gasteiger partial charge in [-0.25, -0.2) is 13.8 Å². The third kappa shape index (κ3) is 9.22. The number of ether oxygens (including phenoxy) is 2. The summed E-state index contributed by atoms with van der Waals surface area (Å²) in [5.41, 5.74) is 0.929. The molecule has 0 aliphatic carbocycles. The van der Waals surface area contributed by atoms with Crippen molar-refractivity contribution in [3.8, 4) is 5.75 Å². The van der Waals surface area contributed by atoms with Gasteiger partial charge in [0.1, 0.15) is 34.6 Å². The van der Waals surface area contributed by atoms with E-state index in [4.69, 9.17) is 9.47 Å². The van der Waals surface area contributed by atoms with Gasteiger partial charge in [-0.3, -0.25) is 24.6 Å². The van der Waals surface area contributed by atoms with Crippen molar-refractivity contribution >= 4 is 45.9 Å². The first-order chi connectivity index (χ1) is 25.3. The molecule has 0 saturated carbocycles. The second-order valence-corrected chi connectivity index (χ2v) is 15.5. The zero-order chi connectivity index (χ0) is 36.0. The number of amides is 2. The number of aromatic nitrogens is 2. The molecule has 1 atom stereocenters. The van der Waals surface area contributed by atoms with Gasteiger partial charge in [-0.05, 0) is 69.3 Å². The molecule has 0 bridgehead atoms. The van der Waals surface area contributed by atoms with Gasteiger partial charge in [-0.1, -0.05) is 0 Å². The van der Waals surface area contributed by atoms with Crippen molar-refractivity contribution in [2.75, 3.05) is 82.4 Å². The monoisotopic (exact) mass is 739 g/mol. The number of piperazine rings is 1. The molecule has 1 unspecified atom stereocenters. The number of piperidine rings is 2. The smallest absolute Gasteiger partial charge is 0.261 e. The van der Waals surface area contributed by atoms with E-state index in [1.54, 1.807) is 30.0 Å². The minimum absolute atomic E-state index is 0.0377. The number of nitrogens with one attached hydrogen (secondary N) is 3.